The number of aliphatic imine (C=N–C) groups is 1. The lowest BCUT2D eigenvalue weighted by atomic mass is 10.1. The Balaban J connectivity index is 1.55. The summed E-state index contributed by atoms with van der Waals surface area (Å²) in [5.41, 5.74) is 3.00. The van der Waals surface area contributed by atoms with Crippen molar-refractivity contribution in [2.45, 2.75) is 13.5 Å². The molecule has 0 aromatic heterocycles. The van der Waals surface area contributed by atoms with E-state index in [2.05, 4.69) is 11.1 Å². The van der Waals surface area contributed by atoms with Crippen molar-refractivity contribution in [3.63, 3.8) is 0 Å². The predicted molar refractivity (Wildman–Crippen MR) is 135 cm³/mol. The average Bonchev–Trinajstić information content (AvgIpc) is 3.17. The van der Waals surface area contributed by atoms with Crippen LogP contribution in [-0.4, -0.2) is 29.6 Å². The van der Waals surface area contributed by atoms with E-state index < -0.39 is 0 Å². The molecule has 1 amide bonds. The smallest absolute Gasteiger partial charge is 0.266 e. The van der Waals surface area contributed by atoms with Crippen LogP contribution in [0.4, 0.5) is 5.69 Å². The molecule has 1 aliphatic heterocycles. The number of thioether (sulfide) groups is 1. The monoisotopic (exact) mass is 469 g/mol. The minimum absolute atomic E-state index is 0.0745. The lowest BCUT2D eigenvalue weighted by Gasteiger charge is -2.12. The van der Waals surface area contributed by atoms with Crippen molar-refractivity contribution in [3.05, 3.63) is 94.4 Å². The van der Waals surface area contributed by atoms with Gasteiger partial charge in [-0.1, -0.05) is 42.5 Å². The highest BCUT2D eigenvalue weighted by Crippen LogP contribution is 2.36. The van der Waals surface area contributed by atoms with Crippen LogP contribution in [0.2, 0.25) is 0 Å². The van der Waals surface area contributed by atoms with Crippen molar-refractivity contribution in [2.75, 3.05) is 13.7 Å². The SMILES string of the molecule is CCN1C(=O)C(=Cc2ccc(OCc3ccccc3C#N)c(OC)c2)SC1=Nc1ccccc1. The van der Waals surface area contributed by atoms with Gasteiger partial charge in [0.15, 0.2) is 16.7 Å². The molecule has 6 nitrogen and oxygen atoms in total. The highest BCUT2D eigenvalue weighted by atomic mass is 32.2. The van der Waals surface area contributed by atoms with Gasteiger partial charge in [0.25, 0.3) is 5.91 Å². The first-order chi connectivity index (χ1) is 16.6. The number of rotatable bonds is 7. The number of nitrogens with zero attached hydrogens (tertiary/aromatic N) is 3. The number of benzene rings is 3. The summed E-state index contributed by atoms with van der Waals surface area (Å²) < 4.78 is 11.4. The van der Waals surface area contributed by atoms with E-state index >= 15 is 0 Å². The van der Waals surface area contributed by atoms with E-state index in [0.717, 1.165) is 16.8 Å². The minimum atomic E-state index is -0.0745. The molecule has 0 atom stereocenters. The third-order valence-corrected chi connectivity index (χ3v) is 6.20. The lowest BCUT2D eigenvalue weighted by molar-refractivity contribution is -0.122. The van der Waals surface area contributed by atoms with Crippen LogP contribution < -0.4 is 9.47 Å². The molecule has 1 aliphatic rings. The summed E-state index contributed by atoms with van der Waals surface area (Å²) in [6.07, 6.45) is 1.83. The van der Waals surface area contributed by atoms with Gasteiger partial charge < -0.3 is 9.47 Å². The maximum atomic E-state index is 13.0. The third-order valence-electron chi connectivity index (χ3n) is 5.19. The van der Waals surface area contributed by atoms with Gasteiger partial charge in [0.05, 0.1) is 29.3 Å². The summed E-state index contributed by atoms with van der Waals surface area (Å²) in [7, 11) is 1.57. The Bertz CT molecular complexity index is 1300. The second-order valence-electron chi connectivity index (χ2n) is 7.36. The molecule has 1 fully saturated rings. The minimum Gasteiger partial charge on any atom is -0.493 e. The van der Waals surface area contributed by atoms with Crippen LogP contribution in [0.1, 0.15) is 23.6 Å². The Morgan fingerprint density at radius 3 is 2.56 bits per heavy atom. The van der Waals surface area contributed by atoms with E-state index in [1.54, 1.807) is 24.1 Å². The van der Waals surface area contributed by atoms with Crippen molar-refractivity contribution in [1.29, 1.82) is 5.26 Å². The zero-order valence-electron chi connectivity index (χ0n) is 18.9. The molecule has 0 unspecified atom stereocenters. The predicted octanol–water partition coefficient (Wildman–Crippen LogP) is 5.77. The van der Waals surface area contributed by atoms with Gasteiger partial charge in [-0.15, -0.1) is 0 Å². The fraction of sp³-hybridized carbons (Fsp3) is 0.148. The molecule has 1 heterocycles. The van der Waals surface area contributed by atoms with Crippen molar-refractivity contribution in [1.82, 2.24) is 4.90 Å². The van der Waals surface area contributed by atoms with Gasteiger partial charge in [-0.05, 0) is 60.7 Å². The summed E-state index contributed by atoms with van der Waals surface area (Å²) in [6.45, 7) is 2.72. The Hall–Kier alpha value is -4.02. The molecule has 4 rings (SSSR count). The van der Waals surface area contributed by atoms with E-state index in [0.29, 0.717) is 33.7 Å². The Kier molecular flexibility index (Phi) is 7.31. The quantitative estimate of drug-likeness (QED) is 0.411. The van der Waals surface area contributed by atoms with E-state index in [1.165, 1.54) is 11.8 Å². The molecule has 170 valence electrons. The molecular formula is C27H23N3O3S. The lowest BCUT2D eigenvalue weighted by Crippen LogP contribution is -2.28. The van der Waals surface area contributed by atoms with Gasteiger partial charge in [-0.2, -0.15) is 5.26 Å². The first-order valence-electron chi connectivity index (χ1n) is 10.8. The molecular weight excluding hydrogens is 446 g/mol. The van der Waals surface area contributed by atoms with Crippen LogP contribution in [0.3, 0.4) is 0 Å². The first-order valence-corrected chi connectivity index (χ1v) is 11.6. The van der Waals surface area contributed by atoms with Crippen LogP contribution >= 0.6 is 11.8 Å². The number of ether oxygens (including phenoxy) is 2. The maximum Gasteiger partial charge on any atom is 0.266 e. The van der Waals surface area contributed by atoms with Gasteiger partial charge >= 0.3 is 0 Å². The van der Waals surface area contributed by atoms with Crippen LogP contribution in [0, 0.1) is 11.3 Å². The molecule has 0 radical (unpaired) electrons. The zero-order chi connectivity index (χ0) is 23.9. The van der Waals surface area contributed by atoms with Gasteiger partial charge in [-0.3, -0.25) is 9.69 Å². The number of amides is 1. The number of para-hydroxylation sites is 1. The molecule has 34 heavy (non-hydrogen) atoms. The molecule has 3 aromatic carbocycles. The highest BCUT2D eigenvalue weighted by molar-refractivity contribution is 8.18. The summed E-state index contributed by atoms with van der Waals surface area (Å²) in [4.78, 5) is 19.9. The van der Waals surface area contributed by atoms with Crippen molar-refractivity contribution in [3.8, 4) is 17.6 Å². The first kappa shape index (κ1) is 23.1. The second-order valence-corrected chi connectivity index (χ2v) is 8.37. The number of nitriles is 1. The van der Waals surface area contributed by atoms with Crippen LogP contribution in [-0.2, 0) is 11.4 Å². The van der Waals surface area contributed by atoms with Gasteiger partial charge in [0.2, 0.25) is 0 Å². The Morgan fingerprint density at radius 1 is 1.06 bits per heavy atom. The fourth-order valence-electron chi connectivity index (χ4n) is 3.44. The highest BCUT2D eigenvalue weighted by Gasteiger charge is 2.32. The number of hydrogen-bond donors (Lipinski definition) is 0. The Labute approximate surface area is 203 Å². The summed E-state index contributed by atoms with van der Waals surface area (Å²) in [6, 6.07) is 24.6. The molecule has 0 bridgehead atoms. The summed E-state index contributed by atoms with van der Waals surface area (Å²) in [5.74, 6) is 1.03. The van der Waals surface area contributed by atoms with E-state index in [9.17, 15) is 10.1 Å². The largest absolute Gasteiger partial charge is 0.493 e. The standard InChI is InChI=1S/C27H23N3O3S/c1-3-30-26(31)25(34-27(30)29-22-11-5-4-6-12-22)16-19-13-14-23(24(15-19)32-2)33-18-21-10-8-7-9-20(21)17-28/h4-16H,3,18H2,1-2H3. The second kappa shape index (κ2) is 10.7. The van der Waals surface area contributed by atoms with E-state index in [1.807, 2.05) is 73.7 Å². The van der Waals surface area contributed by atoms with Crippen LogP contribution in [0.15, 0.2) is 82.7 Å². The number of carbonyl (C=O) groups excluding carboxylic acids is 1. The van der Waals surface area contributed by atoms with Crippen molar-refractivity contribution in [2.24, 2.45) is 4.99 Å². The molecule has 0 aliphatic carbocycles. The third kappa shape index (κ3) is 5.13. The number of amidine groups is 1. The Morgan fingerprint density at radius 2 is 1.82 bits per heavy atom. The molecule has 7 heteroatoms. The molecule has 1 saturated heterocycles. The maximum absolute atomic E-state index is 13.0. The van der Waals surface area contributed by atoms with Crippen molar-refractivity contribution < 1.29 is 14.3 Å². The molecule has 0 N–H and O–H groups in total. The topological polar surface area (TPSA) is 74.9 Å². The fourth-order valence-corrected chi connectivity index (χ4v) is 4.50. The normalized spacial score (nSPS) is 15.6. The number of methoxy groups -OCH3 is 1. The van der Waals surface area contributed by atoms with Gasteiger partial charge in [0.1, 0.15) is 6.61 Å². The van der Waals surface area contributed by atoms with Gasteiger partial charge in [0, 0.05) is 12.1 Å². The zero-order valence-corrected chi connectivity index (χ0v) is 19.7. The van der Waals surface area contributed by atoms with E-state index in [4.69, 9.17) is 9.47 Å². The van der Waals surface area contributed by atoms with E-state index in [-0.39, 0.29) is 12.5 Å². The van der Waals surface area contributed by atoms with Crippen molar-refractivity contribution >= 4 is 34.6 Å². The summed E-state index contributed by atoms with van der Waals surface area (Å²) in [5, 5.41) is 9.93. The number of carbonyl (C=O) groups is 1. The van der Waals surface area contributed by atoms with Crippen LogP contribution in [0.5, 0.6) is 11.5 Å². The summed E-state index contributed by atoms with van der Waals surface area (Å²) >= 11 is 1.36. The molecule has 0 spiro atoms. The number of likely N-dealkylation sites (N-methyl/N-ethyl adjacent to an activating group) is 1. The molecule has 3 aromatic rings. The average molecular weight is 470 g/mol. The van der Waals surface area contributed by atoms with Crippen LogP contribution in [0.25, 0.3) is 6.08 Å². The molecule has 0 saturated carbocycles. The van der Waals surface area contributed by atoms with Gasteiger partial charge in [-0.25, -0.2) is 4.99 Å². The number of hydrogen-bond acceptors (Lipinski definition) is 6.